The molecule has 1 fully saturated rings. The minimum Gasteiger partial charge on any atom is -0.497 e. The van der Waals surface area contributed by atoms with Crippen LogP contribution in [0.1, 0.15) is 12.5 Å². The van der Waals surface area contributed by atoms with Crippen molar-refractivity contribution in [3.05, 3.63) is 54.1 Å². The number of ether oxygens (including phenoxy) is 1. The Labute approximate surface area is 155 Å². The van der Waals surface area contributed by atoms with Crippen molar-refractivity contribution in [1.29, 1.82) is 0 Å². The van der Waals surface area contributed by atoms with Crippen LogP contribution in [0.5, 0.6) is 5.75 Å². The van der Waals surface area contributed by atoms with Crippen LogP contribution in [0, 0.1) is 0 Å². The average Bonchev–Trinajstić information content (AvgIpc) is 2.68. The Hall–Kier alpha value is -2.27. The predicted octanol–water partition coefficient (Wildman–Crippen LogP) is 3.78. The fourth-order valence-electron chi connectivity index (χ4n) is 3.03. The molecule has 4 nitrogen and oxygen atoms in total. The van der Waals surface area contributed by atoms with E-state index in [1.54, 1.807) is 7.11 Å². The van der Waals surface area contributed by atoms with Crippen LogP contribution in [-0.4, -0.2) is 43.3 Å². The number of aryl methyl sites for hydroxylation is 1. The summed E-state index contributed by atoms with van der Waals surface area (Å²) in [6.45, 7) is 5.93. The van der Waals surface area contributed by atoms with Crippen molar-refractivity contribution in [2.24, 2.45) is 0 Å². The normalized spacial score (nSPS) is 14.3. The van der Waals surface area contributed by atoms with Gasteiger partial charge in [0.15, 0.2) is 5.11 Å². The number of hydrogen-bond acceptors (Lipinski definition) is 3. The summed E-state index contributed by atoms with van der Waals surface area (Å²) in [5.41, 5.74) is 3.62. The van der Waals surface area contributed by atoms with Crippen molar-refractivity contribution in [2.75, 3.05) is 43.5 Å². The standard InChI is InChI=1S/C20H25N3OS/c1-3-16-5-4-6-17(15-16)21-20(25)23-13-11-22(12-14-23)18-7-9-19(24-2)10-8-18/h4-10,15H,3,11-14H2,1-2H3,(H,21,25). The van der Waals surface area contributed by atoms with Crippen molar-refractivity contribution >= 4 is 28.7 Å². The van der Waals surface area contributed by atoms with Crippen LogP contribution in [0.25, 0.3) is 0 Å². The average molecular weight is 356 g/mol. The van der Waals surface area contributed by atoms with Gasteiger partial charge in [0.1, 0.15) is 5.75 Å². The Kier molecular flexibility index (Phi) is 5.76. The number of nitrogens with zero attached hydrogens (tertiary/aromatic N) is 2. The zero-order valence-electron chi connectivity index (χ0n) is 14.9. The number of rotatable bonds is 4. The quantitative estimate of drug-likeness (QED) is 0.843. The van der Waals surface area contributed by atoms with Gasteiger partial charge in [0, 0.05) is 37.6 Å². The third-order valence-electron chi connectivity index (χ3n) is 4.59. The van der Waals surface area contributed by atoms with Crippen molar-refractivity contribution in [2.45, 2.75) is 13.3 Å². The number of anilines is 2. The number of thiocarbonyl (C=S) groups is 1. The van der Waals surface area contributed by atoms with Crippen LogP contribution < -0.4 is 15.0 Å². The van der Waals surface area contributed by atoms with Crippen molar-refractivity contribution in [1.82, 2.24) is 4.90 Å². The summed E-state index contributed by atoms with van der Waals surface area (Å²) < 4.78 is 5.23. The van der Waals surface area contributed by atoms with Gasteiger partial charge in [0.2, 0.25) is 0 Å². The van der Waals surface area contributed by atoms with Crippen LogP contribution in [0.2, 0.25) is 0 Å². The van der Waals surface area contributed by atoms with Crippen LogP contribution >= 0.6 is 12.2 Å². The Morgan fingerprint density at radius 2 is 1.80 bits per heavy atom. The Balaban J connectivity index is 1.54. The first kappa shape index (κ1) is 17.5. The maximum atomic E-state index is 5.60. The van der Waals surface area contributed by atoms with E-state index in [0.29, 0.717) is 0 Å². The molecule has 0 bridgehead atoms. The lowest BCUT2D eigenvalue weighted by Crippen LogP contribution is -2.50. The van der Waals surface area contributed by atoms with E-state index in [1.807, 2.05) is 12.1 Å². The van der Waals surface area contributed by atoms with Gasteiger partial charge in [0.05, 0.1) is 7.11 Å². The first-order valence-corrected chi connectivity index (χ1v) is 9.14. The minimum absolute atomic E-state index is 0.808. The molecule has 0 atom stereocenters. The van der Waals surface area contributed by atoms with Gasteiger partial charge in [-0.15, -0.1) is 0 Å². The lowest BCUT2D eigenvalue weighted by atomic mass is 10.1. The molecule has 1 N–H and O–H groups in total. The molecule has 0 saturated carbocycles. The number of benzene rings is 2. The van der Waals surface area contributed by atoms with Gasteiger partial charge in [-0.1, -0.05) is 19.1 Å². The van der Waals surface area contributed by atoms with Crippen LogP contribution in [0.15, 0.2) is 48.5 Å². The van der Waals surface area contributed by atoms with Gasteiger partial charge in [-0.25, -0.2) is 0 Å². The van der Waals surface area contributed by atoms with Gasteiger partial charge >= 0.3 is 0 Å². The summed E-state index contributed by atoms with van der Waals surface area (Å²) in [5, 5.41) is 4.19. The molecule has 1 aliphatic heterocycles. The monoisotopic (exact) mass is 355 g/mol. The largest absolute Gasteiger partial charge is 0.497 e. The summed E-state index contributed by atoms with van der Waals surface area (Å²) in [7, 11) is 1.69. The highest BCUT2D eigenvalue weighted by Crippen LogP contribution is 2.21. The molecule has 5 heteroatoms. The molecule has 0 radical (unpaired) electrons. The van der Waals surface area contributed by atoms with E-state index in [1.165, 1.54) is 11.3 Å². The number of nitrogens with one attached hydrogen (secondary N) is 1. The maximum absolute atomic E-state index is 5.60. The number of piperazine rings is 1. The number of hydrogen-bond donors (Lipinski definition) is 1. The lowest BCUT2D eigenvalue weighted by molar-refractivity contribution is 0.390. The molecule has 0 aromatic heterocycles. The second kappa shape index (κ2) is 8.21. The molecule has 2 aromatic rings. The second-order valence-electron chi connectivity index (χ2n) is 6.16. The van der Waals surface area contributed by atoms with Gasteiger partial charge in [-0.3, -0.25) is 0 Å². The SMILES string of the molecule is CCc1cccc(NC(=S)N2CCN(c3ccc(OC)cc3)CC2)c1. The molecule has 0 amide bonds. The van der Waals surface area contributed by atoms with Gasteiger partial charge < -0.3 is 19.9 Å². The Bertz CT molecular complexity index is 709. The molecule has 0 aliphatic carbocycles. The third-order valence-corrected chi connectivity index (χ3v) is 4.95. The Morgan fingerprint density at radius 1 is 1.08 bits per heavy atom. The molecule has 1 aliphatic rings. The zero-order valence-corrected chi connectivity index (χ0v) is 15.7. The second-order valence-corrected chi connectivity index (χ2v) is 6.54. The van der Waals surface area contributed by atoms with Crippen molar-refractivity contribution < 1.29 is 4.74 Å². The summed E-state index contributed by atoms with van der Waals surface area (Å²) in [6, 6.07) is 16.7. The summed E-state index contributed by atoms with van der Waals surface area (Å²) >= 11 is 5.60. The van der Waals surface area contributed by atoms with E-state index in [4.69, 9.17) is 17.0 Å². The number of methoxy groups -OCH3 is 1. The first-order chi connectivity index (χ1) is 12.2. The minimum atomic E-state index is 0.808. The molecule has 3 rings (SSSR count). The van der Waals surface area contributed by atoms with E-state index in [-0.39, 0.29) is 0 Å². The van der Waals surface area contributed by atoms with Gasteiger partial charge in [-0.2, -0.15) is 0 Å². The smallest absolute Gasteiger partial charge is 0.173 e. The van der Waals surface area contributed by atoms with Crippen molar-refractivity contribution in [3.63, 3.8) is 0 Å². The molecular weight excluding hydrogens is 330 g/mol. The lowest BCUT2D eigenvalue weighted by Gasteiger charge is -2.37. The molecule has 1 heterocycles. The van der Waals surface area contributed by atoms with E-state index in [0.717, 1.165) is 49.1 Å². The van der Waals surface area contributed by atoms with Crippen LogP contribution in [-0.2, 0) is 6.42 Å². The van der Waals surface area contributed by atoms with E-state index in [9.17, 15) is 0 Å². The third kappa shape index (κ3) is 4.42. The fourth-order valence-corrected chi connectivity index (χ4v) is 3.33. The molecule has 1 saturated heterocycles. The fraction of sp³-hybridized carbons (Fsp3) is 0.350. The van der Waals surface area contributed by atoms with Gasteiger partial charge in [0.25, 0.3) is 0 Å². The molecule has 132 valence electrons. The van der Waals surface area contributed by atoms with E-state index in [2.05, 4.69) is 58.4 Å². The Morgan fingerprint density at radius 3 is 2.44 bits per heavy atom. The highest BCUT2D eigenvalue weighted by Gasteiger charge is 2.19. The van der Waals surface area contributed by atoms with Gasteiger partial charge in [-0.05, 0) is 60.6 Å². The zero-order chi connectivity index (χ0) is 17.6. The maximum Gasteiger partial charge on any atom is 0.173 e. The predicted molar refractivity (Wildman–Crippen MR) is 109 cm³/mol. The topological polar surface area (TPSA) is 27.7 Å². The van der Waals surface area contributed by atoms with Crippen molar-refractivity contribution in [3.8, 4) is 5.75 Å². The highest BCUT2D eigenvalue weighted by atomic mass is 32.1. The van der Waals surface area contributed by atoms with E-state index < -0.39 is 0 Å². The molecule has 0 unspecified atom stereocenters. The first-order valence-electron chi connectivity index (χ1n) is 8.73. The summed E-state index contributed by atoms with van der Waals surface area (Å²) in [6.07, 6.45) is 1.03. The van der Waals surface area contributed by atoms with E-state index >= 15 is 0 Å². The van der Waals surface area contributed by atoms with Crippen LogP contribution in [0.3, 0.4) is 0 Å². The van der Waals surface area contributed by atoms with Crippen LogP contribution in [0.4, 0.5) is 11.4 Å². The molecule has 25 heavy (non-hydrogen) atoms. The summed E-state index contributed by atoms with van der Waals surface area (Å²) in [5.74, 6) is 0.891. The highest BCUT2D eigenvalue weighted by molar-refractivity contribution is 7.80. The molecular formula is C20H25N3OS. The molecule has 2 aromatic carbocycles. The summed E-state index contributed by atoms with van der Waals surface area (Å²) in [4.78, 5) is 4.63. The molecule has 0 spiro atoms.